The van der Waals surface area contributed by atoms with Crippen molar-refractivity contribution in [3.63, 3.8) is 0 Å². The first kappa shape index (κ1) is 20.2. The monoisotopic (exact) mass is 413 g/mol. The van der Waals surface area contributed by atoms with E-state index in [1.54, 1.807) is 11.8 Å². The van der Waals surface area contributed by atoms with Crippen LogP contribution in [0, 0.1) is 6.92 Å². The van der Waals surface area contributed by atoms with E-state index < -0.39 is 0 Å². The molecule has 0 aliphatic carbocycles. The fraction of sp³-hybridized carbons (Fsp3) is 0.455. The first-order valence-corrected chi connectivity index (χ1v) is 11.1. The van der Waals surface area contributed by atoms with Gasteiger partial charge in [0.1, 0.15) is 10.8 Å². The second-order valence-corrected chi connectivity index (χ2v) is 8.54. The van der Waals surface area contributed by atoms with Gasteiger partial charge < -0.3 is 19.7 Å². The van der Waals surface area contributed by atoms with Crippen LogP contribution in [0.25, 0.3) is 0 Å². The van der Waals surface area contributed by atoms with Gasteiger partial charge in [0.2, 0.25) is 0 Å². The van der Waals surface area contributed by atoms with Crippen molar-refractivity contribution in [2.45, 2.75) is 38.6 Å². The number of pyridine rings is 1. The first-order valence-electron chi connectivity index (χ1n) is 10.1. The summed E-state index contributed by atoms with van der Waals surface area (Å²) in [4.78, 5) is 20.1. The van der Waals surface area contributed by atoms with E-state index >= 15 is 0 Å². The number of rotatable bonds is 6. The van der Waals surface area contributed by atoms with Crippen LogP contribution in [-0.4, -0.2) is 42.9 Å². The van der Waals surface area contributed by atoms with E-state index in [0.717, 1.165) is 40.8 Å². The molecule has 1 aromatic heterocycles. The van der Waals surface area contributed by atoms with Gasteiger partial charge in [0, 0.05) is 19.6 Å². The molecule has 6 nitrogen and oxygen atoms in total. The molecule has 0 bridgehead atoms. The van der Waals surface area contributed by atoms with Crippen molar-refractivity contribution in [3.05, 3.63) is 52.1 Å². The summed E-state index contributed by atoms with van der Waals surface area (Å²) in [5.74, 6) is 1.72. The number of carbonyl (C=O) groups is 1. The second-order valence-electron chi connectivity index (χ2n) is 7.29. The number of aryl methyl sites for hydroxylation is 1. The number of aromatic nitrogens is 1. The van der Waals surface area contributed by atoms with Crippen molar-refractivity contribution in [1.82, 2.24) is 10.3 Å². The van der Waals surface area contributed by atoms with Gasteiger partial charge in [-0.15, -0.1) is 11.8 Å². The second kappa shape index (κ2) is 9.15. The molecule has 0 unspecified atom stereocenters. The molecule has 1 saturated heterocycles. The van der Waals surface area contributed by atoms with Crippen LogP contribution in [0.5, 0.6) is 0 Å². The van der Waals surface area contributed by atoms with Gasteiger partial charge in [-0.1, -0.05) is 25.1 Å². The molecular weight excluding hydrogens is 386 g/mol. The maximum atomic E-state index is 13.0. The van der Waals surface area contributed by atoms with Crippen LogP contribution in [0.1, 0.15) is 39.5 Å². The summed E-state index contributed by atoms with van der Waals surface area (Å²) in [6.07, 6.45) is 0. The molecule has 4 rings (SSSR count). The first-order chi connectivity index (χ1) is 14.2. The van der Waals surface area contributed by atoms with Gasteiger partial charge in [0.25, 0.3) is 5.91 Å². The van der Waals surface area contributed by atoms with E-state index in [1.807, 2.05) is 13.0 Å². The Hall–Kier alpha value is -2.09. The highest BCUT2D eigenvalue weighted by molar-refractivity contribution is 7.99. The molecule has 7 heteroatoms. The number of amides is 1. The molecule has 2 aromatic rings. The molecule has 1 N–H and O–H groups in total. The third-order valence-corrected chi connectivity index (χ3v) is 6.11. The summed E-state index contributed by atoms with van der Waals surface area (Å²) in [7, 11) is 0. The third kappa shape index (κ3) is 4.57. The topological polar surface area (TPSA) is 63.7 Å². The van der Waals surface area contributed by atoms with E-state index in [1.165, 1.54) is 11.1 Å². The zero-order valence-electron chi connectivity index (χ0n) is 17.0. The number of fused-ring (bicyclic) bond motifs is 1. The molecule has 2 aliphatic rings. The van der Waals surface area contributed by atoms with Crippen LogP contribution < -0.4 is 10.2 Å². The number of benzene rings is 1. The summed E-state index contributed by atoms with van der Waals surface area (Å²) in [5.41, 5.74) is 5.17. The van der Waals surface area contributed by atoms with Crippen LogP contribution >= 0.6 is 11.8 Å². The fourth-order valence-corrected chi connectivity index (χ4v) is 4.53. The maximum absolute atomic E-state index is 13.0. The number of nitrogens with one attached hydrogen (secondary N) is 1. The standard InChI is InChI=1S/C22H27N3O3S/c1-3-29-22-20(15(2)10-19(24-22)25-6-8-27-9-7-25)21(26)23-12-16-4-5-17-13-28-14-18(17)11-16/h4-5,10-11H,3,6-9,12-14H2,1-2H3,(H,23,26). The van der Waals surface area contributed by atoms with E-state index in [9.17, 15) is 4.79 Å². The van der Waals surface area contributed by atoms with Crippen LogP contribution in [0.4, 0.5) is 5.82 Å². The lowest BCUT2D eigenvalue weighted by atomic mass is 10.1. The van der Waals surface area contributed by atoms with Crippen molar-refractivity contribution >= 4 is 23.5 Å². The van der Waals surface area contributed by atoms with Crippen molar-refractivity contribution in [2.75, 3.05) is 37.0 Å². The Morgan fingerprint density at radius 3 is 2.76 bits per heavy atom. The summed E-state index contributed by atoms with van der Waals surface area (Å²) in [6, 6.07) is 8.29. The van der Waals surface area contributed by atoms with E-state index in [4.69, 9.17) is 14.5 Å². The molecule has 154 valence electrons. The normalized spacial score (nSPS) is 16.0. The molecule has 1 amide bonds. The molecule has 29 heavy (non-hydrogen) atoms. The lowest BCUT2D eigenvalue weighted by Crippen LogP contribution is -2.37. The molecule has 2 aliphatic heterocycles. The average molecular weight is 414 g/mol. The Bertz CT molecular complexity index is 897. The molecule has 0 spiro atoms. The van der Waals surface area contributed by atoms with Gasteiger partial charge in [0.15, 0.2) is 0 Å². The summed E-state index contributed by atoms with van der Waals surface area (Å²) in [5, 5.41) is 3.88. The Labute approximate surface area is 176 Å². The SMILES string of the molecule is CCSc1nc(N2CCOCC2)cc(C)c1C(=O)NCc1ccc2c(c1)COC2. The van der Waals surface area contributed by atoms with Gasteiger partial charge >= 0.3 is 0 Å². The smallest absolute Gasteiger partial charge is 0.254 e. The quantitative estimate of drug-likeness (QED) is 0.733. The summed E-state index contributed by atoms with van der Waals surface area (Å²) in [6.45, 7) is 8.99. The van der Waals surface area contributed by atoms with E-state index in [0.29, 0.717) is 38.5 Å². The predicted molar refractivity (Wildman–Crippen MR) is 115 cm³/mol. The number of ether oxygens (including phenoxy) is 2. The van der Waals surface area contributed by atoms with Crippen molar-refractivity contribution in [3.8, 4) is 0 Å². The lowest BCUT2D eigenvalue weighted by molar-refractivity contribution is 0.0946. The van der Waals surface area contributed by atoms with Gasteiger partial charge in [-0.2, -0.15) is 0 Å². The number of hydrogen-bond acceptors (Lipinski definition) is 6. The zero-order chi connectivity index (χ0) is 20.2. The number of morpholine rings is 1. The van der Waals surface area contributed by atoms with Gasteiger partial charge in [-0.05, 0) is 41.0 Å². The van der Waals surface area contributed by atoms with Crippen LogP contribution in [-0.2, 0) is 29.2 Å². The molecular formula is C22H27N3O3S. The number of thioether (sulfide) groups is 1. The van der Waals surface area contributed by atoms with Gasteiger partial charge in [-0.25, -0.2) is 4.98 Å². The number of hydrogen-bond donors (Lipinski definition) is 1. The van der Waals surface area contributed by atoms with E-state index in [2.05, 4.69) is 35.3 Å². The Balaban J connectivity index is 1.52. The van der Waals surface area contributed by atoms with Crippen LogP contribution in [0.15, 0.2) is 29.3 Å². The highest BCUT2D eigenvalue weighted by atomic mass is 32.2. The fourth-order valence-electron chi connectivity index (χ4n) is 3.70. The number of anilines is 1. The molecule has 1 fully saturated rings. The summed E-state index contributed by atoms with van der Waals surface area (Å²) >= 11 is 1.61. The van der Waals surface area contributed by atoms with Crippen molar-refractivity contribution in [1.29, 1.82) is 0 Å². The largest absolute Gasteiger partial charge is 0.378 e. The Morgan fingerprint density at radius 1 is 1.17 bits per heavy atom. The predicted octanol–water partition coefficient (Wildman–Crippen LogP) is 3.30. The molecule has 0 saturated carbocycles. The molecule has 0 radical (unpaired) electrons. The van der Waals surface area contributed by atoms with E-state index in [-0.39, 0.29) is 5.91 Å². The van der Waals surface area contributed by atoms with Crippen molar-refractivity contribution in [2.24, 2.45) is 0 Å². The minimum atomic E-state index is -0.0729. The third-order valence-electron chi connectivity index (χ3n) is 5.25. The van der Waals surface area contributed by atoms with Crippen molar-refractivity contribution < 1.29 is 14.3 Å². The van der Waals surface area contributed by atoms with Crippen LogP contribution in [0.3, 0.4) is 0 Å². The summed E-state index contributed by atoms with van der Waals surface area (Å²) < 4.78 is 10.9. The molecule has 0 atom stereocenters. The minimum Gasteiger partial charge on any atom is -0.378 e. The molecule has 3 heterocycles. The lowest BCUT2D eigenvalue weighted by Gasteiger charge is -2.28. The highest BCUT2D eigenvalue weighted by Gasteiger charge is 2.21. The van der Waals surface area contributed by atoms with Gasteiger partial charge in [-0.3, -0.25) is 4.79 Å². The van der Waals surface area contributed by atoms with Crippen LogP contribution in [0.2, 0.25) is 0 Å². The highest BCUT2D eigenvalue weighted by Crippen LogP contribution is 2.28. The Kier molecular flexibility index (Phi) is 6.37. The average Bonchev–Trinajstić information content (AvgIpc) is 3.20. The van der Waals surface area contributed by atoms with Gasteiger partial charge in [0.05, 0.1) is 32.0 Å². The zero-order valence-corrected chi connectivity index (χ0v) is 17.8. The molecule has 1 aromatic carbocycles. The minimum absolute atomic E-state index is 0.0729. The number of nitrogens with zero attached hydrogens (tertiary/aromatic N) is 2. The Morgan fingerprint density at radius 2 is 1.97 bits per heavy atom. The maximum Gasteiger partial charge on any atom is 0.254 e. The number of carbonyl (C=O) groups excluding carboxylic acids is 1.